The van der Waals surface area contributed by atoms with Crippen LogP contribution in [-0.2, 0) is 11.3 Å². The monoisotopic (exact) mass is 431 g/mol. The summed E-state index contributed by atoms with van der Waals surface area (Å²) in [6, 6.07) is 11.0. The number of hydrogen-bond acceptors (Lipinski definition) is 6. The van der Waals surface area contributed by atoms with Crippen molar-refractivity contribution in [1.29, 1.82) is 0 Å². The molecule has 142 valence electrons. The van der Waals surface area contributed by atoms with Crippen LogP contribution in [0, 0.1) is 0 Å². The van der Waals surface area contributed by atoms with Gasteiger partial charge < -0.3 is 10.3 Å². The van der Waals surface area contributed by atoms with Gasteiger partial charge in [-0.3, -0.25) is 9.59 Å². The van der Waals surface area contributed by atoms with Crippen molar-refractivity contribution in [3.63, 3.8) is 0 Å². The predicted molar refractivity (Wildman–Crippen MR) is 111 cm³/mol. The van der Waals surface area contributed by atoms with E-state index in [-0.39, 0.29) is 17.2 Å². The first kappa shape index (κ1) is 18.7. The summed E-state index contributed by atoms with van der Waals surface area (Å²) in [5.41, 5.74) is 0.803. The molecule has 10 heteroatoms. The van der Waals surface area contributed by atoms with E-state index in [0.29, 0.717) is 33.4 Å². The molecule has 4 rings (SSSR count). The molecular formula is C18H14ClN5O2S2. The summed E-state index contributed by atoms with van der Waals surface area (Å²) < 4.78 is 1.55. The number of carbonyl (C=O) groups is 1. The number of halogens is 1. The van der Waals surface area contributed by atoms with Gasteiger partial charge in [0.05, 0.1) is 24.2 Å². The van der Waals surface area contributed by atoms with Crippen molar-refractivity contribution in [3.05, 3.63) is 68.2 Å². The minimum absolute atomic E-state index is 0.135. The number of benzene rings is 1. The Bertz CT molecular complexity index is 1190. The third kappa shape index (κ3) is 4.11. The molecular weight excluding hydrogens is 418 g/mol. The van der Waals surface area contributed by atoms with Crippen molar-refractivity contribution in [2.45, 2.75) is 11.7 Å². The number of aromatic nitrogens is 4. The van der Waals surface area contributed by atoms with E-state index in [4.69, 9.17) is 11.6 Å². The summed E-state index contributed by atoms with van der Waals surface area (Å²) in [5.74, 6) is 0.00925. The Morgan fingerprint density at radius 2 is 2.21 bits per heavy atom. The van der Waals surface area contributed by atoms with Gasteiger partial charge in [0.1, 0.15) is 5.39 Å². The number of thiophene rings is 1. The lowest BCUT2D eigenvalue weighted by molar-refractivity contribution is -0.118. The van der Waals surface area contributed by atoms with Crippen molar-refractivity contribution < 1.29 is 4.79 Å². The van der Waals surface area contributed by atoms with Crippen molar-refractivity contribution in [1.82, 2.24) is 25.1 Å². The molecule has 0 aliphatic heterocycles. The van der Waals surface area contributed by atoms with Crippen LogP contribution < -0.4 is 10.9 Å². The highest BCUT2D eigenvalue weighted by molar-refractivity contribution is 7.99. The Labute approximate surface area is 172 Å². The van der Waals surface area contributed by atoms with E-state index in [0.717, 1.165) is 16.6 Å². The highest BCUT2D eigenvalue weighted by Crippen LogP contribution is 2.20. The van der Waals surface area contributed by atoms with Gasteiger partial charge in [0.25, 0.3) is 5.56 Å². The van der Waals surface area contributed by atoms with E-state index in [1.54, 1.807) is 34.2 Å². The highest BCUT2D eigenvalue weighted by Gasteiger charge is 2.13. The van der Waals surface area contributed by atoms with Gasteiger partial charge in [-0.2, -0.15) is 5.10 Å². The topological polar surface area (TPSA) is 92.7 Å². The molecule has 0 bridgehead atoms. The minimum Gasteiger partial charge on any atom is -0.350 e. The summed E-state index contributed by atoms with van der Waals surface area (Å²) in [5, 5.41) is 10.3. The Morgan fingerprint density at radius 1 is 1.32 bits per heavy atom. The Morgan fingerprint density at radius 3 is 3.00 bits per heavy atom. The Balaban J connectivity index is 1.52. The van der Waals surface area contributed by atoms with E-state index in [9.17, 15) is 9.59 Å². The fourth-order valence-corrected chi connectivity index (χ4v) is 4.06. The van der Waals surface area contributed by atoms with Crippen LogP contribution in [0.5, 0.6) is 0 Å². The number of nitrogens with one attached hydrogen (secondary N) is 2. The molecule has 7 nitrogen and oxygen atoms in total. The average molecular weight is 432 g/mol. The second-order valence-electron chi connectivity index (χ2n) is 5.79. The molecule has 1 amide bonds. The number of H-pyrrole nitrogens is 1. The molecule has 0 fully saturated rings. The number of rotatable bonds is 6. The van der Waals surface area contributed by atoms with Crippen LogP contribution in [0.1, 0.15) is 4.88 Å². The SMILES string of the molecule is O=C(CSc1nc2c(cnn2-c2cccc(Cl)c2)c(=O)[nH]1)NCc1cccs1. The molecule has 0 aliphatic carbocycles. The van der Waals surface area contributed by atoms with Crippen LogP contribution >= 0.6 is 34.7 Å². The van der Waals surface area contributed by atoms with Crippen molar-refractivity contribution in [2.24, 2.45) is 0 Å². The first-order chi connectivity index (χ1) is 13.6. The van der Waals surface area contributed by atoms with Crippen LogP contribution in [0.2, 0.25) is 5.02 Å². The van der Waals surface area contributed by atoms with Crippen molar-refractivity contribution in [2.75, 3.05) is 5.75 Å². The van der Waals surface area contributed by atoms with E-state index < -0.39 is 0 Å². The van der Waals surface area contributed by atoms with E-state index in [1.165, 1.54) is 6.20 Å². The zero-order valence-electron chi connectivity index (χ0n) is 14.4. The third-order valence-electron chi connectivity index (χ3n) is 3.85. The maximum atomic E-state index is 12.3. The molecule has 28 heavy (non-hydrogen) atoms. The summed E-state index contributed by atoms with van der Waals surface area (Å²) >= 11 is 8.80. The van der Waals surface area contributed by atoms with Crippen LogP contribution in [0.15, 0.2) is 57.9 Å². The third-order valence-corrected chi connectivity index (χ3v) is 5.83. The largest absolute Gasteiger partial charge is 0.350 e. The van der Waals surface area contributed by atoms with E-state index >= 15 is 0 Å². The molecule has 1 aromatic carbocycles. The number of amides is 1. The van der Waals surface area contributed by atoms with Gasteiger partial charge in [0.2, 0.25) is 5.91 Å². The van der Waals surface area contributed by atoms with E-state index in [1.807, 2.05) is 23.6 Å². The number of carbonyl (C=O) groups excluding carboxylic acids is 1. The second-order valence-corrected chi connectivity index (χ2v) is 8.22. The fourth-order valence-electron chi connectivity index (χ4n) is 2.55. The van der Waals surface area contributed by atoms with Gasteiger partial charge in [-0.25, -0.2) is 9.67 Å². The quantitative estimate of drug-likeness (QED) is 0.361. The van der Waals surface area contributed by atoms with Crippen molar-refractivity contribution >= 4 is 51.6 Å². The Hall–Kier alpha value is -2.62. The van der Waals surface area contributed by atoms with Crippen molar-refractivity contribution in [3.8, 4) is 5.69 Å². The van der Waals surface area contributed by atoms with Crippen LogP contribution in [0.3, 0.4) is 0 Å². The lowest BCUT2D eigenvalue weighted by Crippen LogP contribution is -2.24. The molecule has 0 saturated carbocycles. The molecule has 0 atom stereocenters. The van der Waals surface area contributed by atoms with E-state index in [2.05, 4.69) is 20.4 Å². The first-order valence-electron chi connectivity index (χ1n) is 8.26. The highest BCUT2D eigenvalue weighted by atomic mass is 35.5. The molecule has 0 unspecified atom stereocenters. The minimum atomic E-state index is -0.306. The average Bonchev–Trinajstić information content (AvgIpc) is 3.34. The van der Waals surface area contributed by atoms with Gasteiger partial charge in [0.15, 0.2) is 10.8 Å². The van der Waals surface area contributed by atoms with Gasteiger partial charge in [0, 0.05) is 9.90 Å². The molecule has 0 spiro atoms. The molecule has 0 saturated heterocycles. The van der Waals surface area contributed by atoms with Gasteiger partial charge >= 0.3 is 0 Å². The molecule has 2 N–H and O–H groups in total. The fraction of sp³-hybridized carbons (Fsp3) is 0.111. The molecule has 3 heterocycles. The summed E-state index contributed by atoms with van der Waals surface area (Å²) in [4.78, 5) is 32.6. The summed E-state index contributed by atoms with van der Waals surface area (Å²) in [7, 11) is 0. The molecule has 3 aromatic heterocycles. The molecule has 4 aromatic rings. The zero-order valence-corrected chi connectivity index (χ0v) is 16.8. The van der Waals surface area contributed by atoms with Crippen LogP contribution in [-0.4, -0.2) is 31.4 Å². The summed E-state index contributed by atoms with van der Waals surface area (Å²) in [6.07, 6.45) is 1.46. The van der Waals surface area contributed by atoms with Crippen LogP contribution in [0.4, 0.5) is 0 Å². The number of nitrogens with zero attached hydrogens (tertiary/aromatic N) is 3. The zero-order chi connectivity index (χ0) is 19.5. The molecule has 0 aliphatic rings. The van der Waals surface area contributed by atoms with Crippen LogP contribution in [0.25, 0.3) is 16.7 Å². The number of hydrogen-bond donors (Lipinski definition) is 2. The summed E-state index contributed by atoms with van der Waals surface area (Å²) in [6.45, 7) is 0.488. The second kappa shape index (κ2) is 8.17. The van der Waals surface area contributed by atoms with Gasteiger partial charge in [-0.05, 0) is 29.6 Å². The lowest BCUT2D eigenvalue weighted by Gasteiger charge is -2.05. The number of fused-ring (bicyclic) bond motifs is 1. The lowest BCUT2D eigenvalue weighted by atomic mass is 10.3. The standard InChI is InChI=1S/C18H14ClN5O2S2/c19-11-3-1-4-12(7-11)24-16-14(9-21-24)17(26)23-18(22-16)28-10-15(25)20-8-13-5-2-6-27-13/h1-7,9H,8,10H2,(H,20,25)(H,22,23,26). The predicted octanol–water partition coefficient (Wildman–Crippen LogP) is 3.23. The van der Waals surface area contributed by atoms with Gasteiger partial charge in [-0.15, -0.1) is 11.3 Å². The first-order valence-corrected chi connectivity index (χ1v) is 10.5. The Kier molecular flexibility index (Phi) is 5.47. The normalized spacial score (nSPS) is 11.0. The van der Waals surface area contributed by atoms with Gasteiger partial charge in [-0.1, -0.05) is 35.5 Å². The smallest absolute Gasteiger partial charge is 0.262 e. The maximum absolute atomic E-state index is 12.3. The molecule has 0 radical (unpaired) electrons. The number of thioether (sulfide) groups is 1. The maximum Gasteiger partial charge on any atom is 0.262 e. The number of aromatic amines is 1.